The van der Waals surface area contributed by atoms with Gasteiger partial charge in [-0.1, -0.05) is 41.9 Å². The molecule has 0 saturated carbocycles. The minimum Gasteiger partial charge on any atom is -0.218 e. The molecule has 0 amide bonds. The fourth-order valence-electron chi connectivity index (χ4n) is 1.83. The average molecular weight is 249 g/mol. The van der Waals surface area contributed by atoms with E-state index in [4.69, 9.17) is 23.2 Å². The zero-order chi connectivity index (χ0) is 11.1. The highest BCUT2D eigenvalue weighted by atomic mass is 35.5. The topological polar surface area (TPSA) is 25.8 Å². The Balaban J connectivity index is 2.60. The van der Waals surface area contributed by atoms with Crippen molar-refractivity contribution in [2.24, 2.45) is 0 Å². The minimum absolute atomic E-state index is 0.174. The third kappa shape index (κ3) is 1.42. The van der Waals surface area contributed by atoms with Crippen LogP contribution in [0.5, 0.6) is 0 Å². The third-order valence-corrected chi connectivity index (χ3v) is 2.96. The summed E-state index contributed by atoms with van der Waals surface area (Å²) in [5, 5.41) is 3.58. The van der Waals surface area contributed by atoms with Crippen molar-refractivity contribution in [1.29, 1.82) is 0 Å². The molecule has 0 saturated heterocycles. The van der Waals surface area contributed by atoms with E-state index < -0.39 is 0 Å². The number of rotatable bonds is 0. The van der Waals surface area contributed by atoms with Gasteiger partial charge in [-0.25, -0.2) is 9.97 Å². The zero-order valence-electron chi connectivity index (χ0n) is 8.11. The van der Waals surface area contributed by atoms with Crippen molar-refractivity contribution in [2.45, 2.75) is 0 Å². The predicted molar refractivity (Wildman–Crippen MR) is 67.1 cm³/mol. The first-order chi connectivity index (χ1) is 7.75. The molecular formula is C12H6Cl2N2. The summed E-state index contributed by atoms with van der Waals surface area (Å²) in [5.41, 5.74) is 0.767. The molecule has 1 aromatic heterocycles. The molecule has 16 heavy (non-hydrogen) atoms. The van der Waals surface area contributed by atoms with Crippen LogP contribution in [0.25, 0.3) is 21.7 Å². The van der Waals surface area contributed by atoms with E-state index in [0.29, 0.717) is 5.15 Å². The standard InChI is InChI=1S/C12H6Cl2N2/c13-11-10-8-4-2-1-3-7(8)5-6-9(10)15-12(14)16-11/h1-6H. The second-order valence-corrected chi connectivity index (χ2v) is 4.16. The Morgan fingerprint density at radius 3 is 2.56 bits per heavy atom. The molecule has 3 rings (SSSR count). The first-order valence-corrected chi connectivity index (χ1v) is 5.52. The van der Waals surface area contributed by atoms with Gasteiger partial charge in [0.15, 0.2) is 0 Å². The van der Waals surface area contributed by atoms with E-state index in [1.165, 1.54) is 0 Å². The van der Waals surface area contributed by atoms with Crippen molar-refractivity contribution in [3.63, 3.8) is 0 Å². The van der Waals surface area contributed by atoms with Crippen LogP contribution in [0.3, 0.4) is 0 Å². The van der Waals surface area contributed by atoms with Gasteiger partial charge in [0.25, 0.3) is 0 Å². The summed E-state index contributed by atoms with van der Waals surface area (Å²) in [6, 6.07) is 11.9. The second kappa shape index (κ2) is 3.58. The van der Waals surface area contributed by atoms with Crippen molar-refractivity contribution in [3.05, 3.63) is 46.8 Å². The normalized spacial score (nSPS) is 11.1. The van der Waals surface area contributed by atoms with Gasteiger partial charge in [-0.3, -0.25) is 0 Å². The van der Waals surface area contributed by atoms with Gasteiger partial charge in [-0.2, -0.15) is 0 Å². The van der Waals surface area contributed by atoms with E-state index in [-0.39, 0.29) is 5.28 Å². The second-order valence-electron chi connectivity index (χ2n) is 3.46. The zero-order valence-corrected chi connectivity index (χ0v) is 9.63. The highest BCUT2D eigenvalue weighted by Gasteiger charge is 2.07. The summed E-state index contributed by atoms with van der Waals surface area (Å²) in [7, 11) is 0. The van der Waals surface area contributed by atoms with E-state index >= 15 is 0 Å². The molecule has 0 aliphatic rings. The maximum Gasteiger partial charge on any atom is 0.224 e. The fourth-order valence-corrected chi connectivity index (χ4v) is 2.33. The first-order valence-electron chi connectivity index (χ1n) is 4.76. The van der Waals surface area contributed by atoms with Gasteiger partial charge in [0.2, 0.25) is 5.28 Å². The Kier molecular flexibility index (Phi) is 2.20. The SMILES string of the molecule is Clc1nc(Cl)c2c(ccc3ccccc32)n1. The van der Waals surface area contributed by atoms with Gasteiger partial charge in [0.1, 0.15) is 5.15 Å². The molecule has 78 valence electrons. The number of halogens is 2. The molecule has 0 bridgehead atoms. The highest BCUT2D eigenvalue weighted by molar-refractivity contribution is 6.37. The number of benzene rings is 2. The molecule has 0 aliphatic carbocycles. The summed E-state index contributed by atoms with van der Waals surface area (Å²) >= 11 is 11.9. The van der Waals surface area contributed by atoms with Crippen LogP contribution in [0.1, 0.15) is 0 Å². The molecule has 3 aromatic rings. The van der Waals surface area contributed by atoms with Crippen LogP contribution in [-0.4, -0.2) is 9.97 Å². The predicted octanol–water partition coefficient (Wildman–Crippen LogP) is 4.09. The highest BCUT2D eigenvalue weighted by Crippen LogP contribution is 2.29. The summed E-state index contributed by atoms with van der Waals surface area (Å²) < 4.78 is 0. The van der Waals surface area contributed by atoms with Crippen LogP contribution in [0.15, 0.2) is 36.4 Å². The van der Waals surface area contributed by atoms with Gasteiger partial charge in [0, 0.05) is 5.39 Å². The smallest absolute Gasteiger partial charge is 0.218 e. The minimum atomic E-state index is 0.174. The Morgan fingerprint density at radius 2 is 1.69 bits per heavy atom. The lowest BCUT2D eigenvalue weighted by Crippen LogP contribution is -1.87. The summed E-state index contributed by atoms with van der Waals surface area (Å²) in [4.78, 5) is 8.13. The average Bonchev–Trinajstić information content (AvgIpc) is 2.28. The van der Waals surface area contributed by atoms with Crippen LogP contribution in [0.4, 0.5) is 0 Å². The van der Waals surface area contributed by atoms with Gasteiger partial charge >= 0.3 is 0 Å². The van der Waals surface area contributed by atoms with E-state index in [2.05, 4.69) is 9.97 Å². The molecule has 0 atom stereocenters. The molecule has 0 spiro atoms. The fraction of sp³-hybridized carbons (Fsp3) is 0. The number of aromatic nitrogens is 2. The van der Waals surface area contributed by atoms with Crippen molar-refractivity contribution in [1.82, 2.24) is 9.97 Å². The lowest BCUT2D eigenvalue weighted by atomic mass is 10.1. The Bertz CT molecular complexity index is 695. The van der Waals surface area contributed by atoms with Crippen LogP contribution < -0.4 is 0 Å². The van der Waals surface area contributed by atoms with Crippen molar-refractivity contribution in [2.75, 3.05) is 0 Å². The maximum atomic E-state index is 6.11. The molecule has 0 unspecified atom stereocenters. The van der Waals surface area contributed by atoms with E-state index in [1.807, 2.05) is 36.4 Å². The third-order valence-electron chi connectivity index (χ3n) is 2.52. The van der Waals surface area contributed by atoms with Crippen molar-refractivity contribution in [3.8, 4) is 0 Å². The van der Waals surface area contributed by atoms with E-state index in [9.17, 15) is 0 Å². The van der Waals surface area contributed by atoms with Crippen LogP contribution in [0.2, 0.25) is 10.4 Å². The van der Waals surface area contributed by atoms with E-state index in [0.717, 1.165) is 21.7 Å². The van der Waals surface area contributed by atoms with Crippen molar-refractivity contribution < 1.29 is 0 Å². The Morgan fingerprint density at radius 1 is 0.875 bits per heavy atom. The molecule has 0 aliphatic heterocycles. The van der Waals surface area contributed by atoms with Gasteiger partial charge in [0.05, 0.1) is 5.52 Å². The number of fused-ring (bicyclic) bond motifs is 3. The molecule has 0 radical (unpaired) electrons. The quantitative estimate of drug-likeness (QED) is 0.340. The number of hydrogen-bond donors (Lipinski definition) is 0. The van der Waals surface area contributed by atoms with Gasteiger partial charge < -0.3 is 0 Å². The summed E-state index contributed by atoms with van der Waals surface area (Å²) in [6.45, 7) is 0. The molecule has 2 nitrogen and oxygen atoms in total. The molecule has 0 fully saturated rings. The molecule has 0 N–H and O–H groups in total. The van der Waals surface area contributed by atoms with Crippen LogP contribution in [-0.2, 0) is 0 Å². The van der Waals surface area contributed by atoms with E-state index in [1.54, 1.807) is 0 Å². The van der Waals surface area contributed by atoms with Gasteiger partial charge in [-0.15, -0.1) is 0 Å². The largest absolute Gasteiger partial charge is 0.224 e. The van der Waals surface area contributed by atoms with Crippen molar-refractivity contribution >= 4 is 44.9 Å². The maximum absolute atomic E-state index is 6.11. The van der Waals surface area contributed by atoms with Crippen LogP contribution in [0, 0.1) is 0 Å². The number of hydrogen-bond acceptors (Lipinski definition) is 2. The lowest BCUT2D eigenvalue weighted by Gasteiger charge is -2.04. The van der Waals surface area contributed by atoms with Gasteiger partial charge in [-0.05, 0) is 28.4 Å². The lowest BCUT2D eigenvalue weighted by molar-refractivity contribution is 1.23. The summed E-state index contributed by atoms with van der Waals surface area (Å²) in [6.07, 6.45) is 0. The number of nitrogens with zero attached hydrogens (tertiary/aromatic N) is 2. The molecule has 4 heteroatoms. The summed E-state index contributed by atoms with van der Waals surface area (Å²) in [5.74, 6) is 0. The molecular weight excluding hydrogens is 243 g/mol. The molecule has 2 aromatic carbocycles. The Hall–Kier alpha value is -1.38. The van der Waals surface area contributed by atoms with Crippen LogP contribution >= 0.6 is 23.2 Å². The monoisotopic (exact) mass is 248 g/mol. The molecule has 1 heterocycles. The first kappa shape index (κ1) is 9.82. The Labute approximate surface area is 102 Å².